The Morgan fingerprint density at radius 3 is 2.91 bits per heavy atom. The van der Waals surface area contributed by atoms with E-state index in [1.165, 1.54) is 7.11 Å². The third-order valence-corrected chi connectivity index (χ3v) is 7.44. The van der Waals surface area contributed by atoms with Crippen molar-refractivity contribution in [3.63, 3.8) is 0 Å². The largest absolute Gasteiger partial charge is 0.453 e. The van der Waals surface area contributed by atoms with Gasteiger partial charge in [-0.05, 0) is 30.7 Å². The van der Waals surface area contributed by atoms with Crippen LogP contribution in [0.3, 0.4) is 0 Å². The Labute approximate surface area is 195 Å². The van der Waals surface area contributed by atoms with Gasteiger partial charge < -0.3 is 24.3 Å². The molecule has 1 atom stereocenters. The molecule has 9 nitrogen and oxygen atoms in total. The molecular weight excluding hydrogens is 436 g/mol. The van der Waals surface area contributed by atoms with Crippen molar-refractivity contribution in [3.8, 4) is 11.3 Å². The van der Waals surface area contributed by atoms with Gasteiger partial charge >= 0.3 is 6.09 Å². The van der Waals surface area contributed by atoms with Crippen LogP contribution in [-0.2, 0) is 16.2 Å². The maximum absolute atomic E-state index is 11.8. The van der Waals surface area contributed by atoms with Crippen LogP contribution >= 0.6 is 0 Å². The Bertz CT molecular complexity index is 1110. The standard InChI is InChI=1S/C23H32N6O3Si/c1-31-23(30)28-10-7-17(15-28)26-21-18(6-5-9-24-21)20-14-25-22-19(27-20)8-11-29(22)16-32-12-13-33(2,3)4/h5-6,8-9,11,14,17H,7,10,12-13,15-16H2,1-4H3,(H,24,26)/t17-/m0/s1. The quantitative estimate of drug-likeness (QED) is 0.393. The number of ether oxygens (including phenoxy) is 2. The minimum atomic E-state index is -1.11. The molecule has 0 spiro atoms. The number of hydrogen-bond acceptors (Lipinski definition) is 7. The van der Waals surface area contributed by atoms with Crippen LogP contribution in [0.2, 0.25) is 25.7 Å². The van der Waals surface area contributed by atoms with Crippen LogP contribution in [0.15, 0.2) is 36.8 Å². The van der Waals surface area contributed by atoms with E-state index in [9.17, 15) is 4.79 Å². The highest BCUT2D eigenvalue weighted by molar-refractivity contribution is 6.76. The number of aromatic nitrogens is 4. The summed E-state index contributed by atoms with van der Waals surface area (Å²) in [7, 11) is 0.296. The first-order chi connectivity index (χ1) is 15.8. The average Bonchev–Trinajstić information content (AvgIpc) is 3.42. The molecule has 1 fully saturated rings. The molecule has 4 heterocycles. The van der Waals surface area contributed by atoms with Gasteiger partial charge in [0.25, 0.3) is 0 Å². The van der Waals surface area contributed by atoms with Crippen LogP contribution in [-0.4, -0.2) is 71.4 Å². The van der Waals surface area contributed by atoms with Crippen LogP contribution in [0.4, 0.5) is 10.6 Å². The summed E-state index contributed by atoms with van der Waals surface area (Å²) in [4.78, 5) is 27.5. The minimum absolute atomic E-state index is 0.101. The molecule has 10 heteroatoms. The van der Waals surface area contributed by atoms with Crippen molar-refractivity contribution in [2.45, 2.75) is 44.9 Å². The number of methoxy groups -OCH3 is 1. The van der Waals surface area contributed by atoms with Gasteiger partial charge in [0.1, 0.15) is 18.1 Å². The van der Waals surface area contributed by atoms with Crippen LogP contribution in [0.5, 0.6) is 0 Å². The van der Waals surface area contributed by atoms with Gasteiger partial charge in [-0.15, -0.1) is 0 Å². The molecule has 0 unspecified atom stereocenters. The average molecular weight is 469 g/mol. The van der Waals surface area contributed by atoms with Gasteiger partial charge in [0.2, 0.25) is 0 Å². The number of carbonyl (C=O) groups is 1. The van der Waals surface area contributed by atoms with Crippen LogP contribution < -0.4 is 5.32 Å². The van der Waals surface area contributed by atoms with Crippen LogP contribution in [0, 0.1) is 0 Å². The monoisotopic (exact) mass is 468 g/mol. The molecule has 3 aromatic rings. The normalized spacial score (nSPS) is 16.4. The molecule has 176 valence electrons. The van der Waals surface area contributed by atoms with Crippen molar-refractivity contribution in [1.29, 1.82) is 0 Å². The molecule has 1 saturated heterocycles. The van der Waals surface area contributed by atoms with Gasteiger partial charge in [-0.3, -0.25) is 0 Å². The molecule has 1 aliphatic heterocycles. The van der Waals surface area contributed by atoms with E-state index in [0.717, 1.165) is 47.3 Å². The lowest BCUT2D eigenvalue weighted by Gasteiger charge is -2.17. The van der Waals surface area contributed by atoms with Crippen molar-refractivity contribution in [2.75, 3.05) is 32.1 Å². The summed E-state index contributed by atoms with van der Waals surface area (Å²) >= 11 is 0. The molecule has 0 aliphatic carbocycles. The van der Waals surface area contributed by atoms with E-state index < -0.39 is 8.07 Å². The Hall–Kier alpha value is -2.98. The summed E-state index contributed by atoms with van der Waals surface area (Å²) in [6, 6.07) is 7.07. The number of carbonyl (C=O) groups excluding carboxylic acids is 1. The summed E-state index contributed by atoms with van der Waals surface area (Å²) in [6.07, 6.45) is 6.02. The zero-order valence-electron chi connectivity index (χ0n) is 19.7. The summed E-state index contributed by atoms with van der Waals surface area (Å²) in [5, 5.41) is 3.47. The van der Waals surface area contributed by atoms with E-state index in [0.29, 0.717) is 19.8 Å². The lowest BCUT2D eigenvalue weighted by molar-refractivity contribution is 0.0899. The zero-order valence-corrected chi connectivity index (χ0v) is 20.7. The summed E-state index contributed by atoms with van der Waals surface area (Å²) < 4.78 is 12.7. The highest BCUT2D eigenvalue weighted by atomic mass is 28.3. The Morgan fingerprint density at radius 2 is 2.12 bits per heavy atom. The third-order valence-electron chi connectivity index (χ3n) is 5.74. The van der Waals surface area contributed by atoms with Gasteiger partial charge in [-0.2, -0.15) is 0 Å². The SMILES string of the molecule is COC(=O)N1CC[C@H](Nc2ncccc2-c2cnc3c(ccn3COCC[Si](C)(C)C)n2)C1. The molecular formula is C23H32N6O3Si. The first kappa shape index (κ1) is 23.2. The number of pyridine rings is 1. The topological polar surface area (TPSA) is 94.4 Å². The molecule has 0 saturated carbocycles. The van der Waals surface area contributed by atoms with Gasteiger partial charge in [-0.1, -0.05) is 19.6 Å². The first-order valence-electron chi connectivity index (χ1n) is 11.3. The highest BCUT2D eigenvalue weighted by Crippen LogP contribution is 2.27. The first-order valence-corrected chi connectivity index (χ1v) is 15.0. The predicted molar refractivity (Wildman–Crippen MR) is 131 cm³/mol. The molecule has 33 heavy (non-hydrogen) atoms. The fourth-order valence-electron chi connectivity index (χ4n) is 3.83. The number of nitrogens with zero attached hydrogens (tertiary/aromatic N) is 5. The van der Waals surface area contributed by atoms with E-state index >= 15 is 0 Å². The van der Waals surface area contributed by atoms with Gasteiger partial charge in [-0.25, -0.2) is 19.7 Å². The zero-order chi connectivity index (χ0) is 23.4. The second kappa shape index (κ2) is 9.88. The molecule has 3 aromatic heterocycles. The number of fused-ring (bicyclic) bond motifs is 1. The molecule has 1 N–H and O–H groups in total. The van der Waals surface area contributed by atoms with E-state index in [-0.39, 0.29) is 12.1 Å². The van der Waals surface area contributed by atoms with Crippen LogP contribution in [0.25, 0.3) is 22.4 Å². The van der Waals surface area contributed by atoms with Crippen LogP contribution in [0.1, 0.15) is 6.42 Å². The number of nitrogens with one attached hydrogen (secondary N) is 1. The van der Waals surface area contributed by atoms with Gasteiger partial charge in [0.05, 0.1) is 19.0 Å². The van der Waals surface area contributed by atoms with E-state index in [4.69, 9.17) is 14.5 Å². The number of hydrogen-bond donors (Lipinski definition) is 1. The summed E-state index contributed by atoms with van der Waals surface area (Å²) in [6.45, 7) is 9.51. The Morgan fingerprint density at radius 1 is 1.27 bits per heavy atom. The lowest BCUT2D eigenvalue weighted by Crippen LogP contribution is -2.31. The third kappa shape index (κ3) is 5.69. The Kier molecular flexibility index (Phi) is 6.94. The molecule has 0 bridgehead atoms. The maximum Gasteiger partial charge on any atom is 0.409 e. The van der Waals surface area contributed by atoms with E-state index in [1.54, 1.807) is 17.3 Å². The van der Waals surface area contributed by atoms with Gasteiger partial charge in [0, 0.05) is 51.8 Å². The van der Waals surface area contributed by atoms with Crippen molar-refractivity contribution >= 4 is 31.1 Å². The van der Waals surface area contributed by atoms with Crippen molar-refractivity contribution in [3.05, 3.63) is 36.8 Å². The Balaban J connectivity index is 1.47. The second-order valence-electron chi connectivity index (χ2n) is 9.54. The predicted octanol–water partition coefficient (Wildman–Crippen LogP) is 4.06. The second-order valence-corrected chi connectivity index (χ2v) is 15.2. The smallest absolute Gasteiger partial charge is 0.409 e. The number of amides is 1. The maximum atomic E-state index is 11.8. The molecule has 1 amide bonds. The fourth-order valence-corrected chi connectivity index (χ4v) is 4.59. The number of rotatable bonds is 8. The molecule has 1 aliphatic rings. The van der Waals surface area contributed by atoms with Crippen molar-refractivity contribution in [2.24, 2.45) is 0 Å². The molecule has 4 rings (SSSR count). The summed E-state index contributed by atoms with van der Waals surface area (Å²) in [5.41, 5.74) is 3.24. The fraction of sp³-hybridized carbons (Fsp3) is 0.478. The van der Waals surface area contributed by atoms with E-state index in [2.05, 4.69) is 34.9 Å². The van der Waals surface area contributed by atoms with E-state index in [1.807, 2.05) is 29.0 Å². The molecule has 0 radical (unpaired) electrons. The van der Waals surface area contributed by atoms with Gasteiger partial charge in [0.15, 0.2) is 5.65 Å². The lowest BCUT2D eigenvalue weighted by atomic mass is 10.1. The number of anilines is 1. The van der Waals surface area contributed by atoms with Crippen molar-refractivity contribution < 1.29 is 14.3 Å². The highest BCUT2D eigenvalue weighted by Gasteiger charge is 2.27. The minimum Gasteiger partial charge on any atom is -0.453 e. The van der Waals surface area contributed by atoms with Crippen molar-refractivity contribution in [1.82, 2.24) is 24.4 Å². The molecule has 0 aromatic carbocycles. The summed E-state index contributed by atoms with van der Waals surface area (Å²) in [5.74, 6) is 0.733. The number of likely N-dealkylation sites (tertiary alicyclic amines) is 1.